The van der Waals surface area contributed by atoms with Crippen molar-refractivity contribution in [3.63, 3.8) is 0 Å². The van der Waals surface area contributed by atoms with Crippen molar-refractivity contribution in [3.05, 3.63) is 0 Å². The molecule has 3 N–H and O–H groups in total. The lowest BCUT2D eigenvalue weighted by Crippen LogP contribution is -2.07. The molecule has 0 aliphatic rings. The Morgan fingerprint density at radius 3 is 1.10 bits per heavy atom. The van der Waals surface area contributed by atoms with Crippen molar-refractivity contribution >= 4 is 19.4 Å². The van der Waals surface area contributed by atoms with Crippen molar-refractivity contribution in [2.24, 2.45) is 0 Å². The van der Waals surface area contributed by atoms with Gasteiger partial charge in [-0.25, -0.2) is 9.59 Å². The molecule has 0 aliphatic carbocycles. The first-order valence-electron chi connectivity index (χ1n) is 1.81. The average Bonchev–Trinajstić information content (AvgIpc) is 1.63. The molecule has 0 aromatic carbocycles. The Kier molecular flexibility index (Phi) is 7.45. The molecule has 8 heteroatoms. The van der Waals surface area contributed by atoms with Gasteiger partial charge in [0, 0.05) is 0 Å². The molecule has 0 bridgehead atoms. The summed E-state index contributed by atoms with van der Waals surface area (Å²) in [6.45, 7) is 0. The van der Waals surface area contributed by atoms with Gasteiger partial charge in [0.25, 0.3) is 0 Å². The summed E-state index contributed by atoms with van der Waals surface area (Å²) in [5, 5.41) is 21.5. The van der Waals surface area contributed by atoms with E-state index in [0.29, 0.717) is 0 Å². The zero-order valence-electron chi connectivity index (χ0n) is 4.49. The fourth-order valence-electron chi connectivity index (χ4n) is 0. The molecule has 5 nitrogen and oxygen atoms in total. The van der Waals surface area contributed by atoms with Crippen LogP contribution >= 0.6 is 0 Å². The third-order valence-electron chi connectivity index (χ3n) is 0.155. The average molecular weight is 156 g/mol. The van der Waals surface area contributed by atoms with Crippen LogP contribution in [0.1, 0.15) is 0 Å². The van der Waals surface area contributed by atoms with Crippen LogP contribution in [-0.2, 0) is 9.59 Å². The van der Waals surface area contributed by atoms with Crippen molar-refractivity contribution in [2.45, 2.75) is 0 Å². The summed E-state index contributed by atoms with van der Waals surface area (Å²) in [5.41, 5.74) is 0. The van der Waals surface area contributed by atoms with Gasteiger partial charge < -0.3 is 15.1 Å². The molecule has 0 fully saturated rings. The summed E-state index contributed by atoms with van der Waals surface area (Å²) in [6, 6.07) is -5.09. The van der Waals surface area contributed by atoms with Crippen molar-refractivity contribution in [3.8, 4) is 0 Å². The van der Waals surface area contributed by atoms with Gasteiger partial charge in [0.2, 0.25) is 0 Å². The maximum absolute atomic E-state index is 10.5. The molecule has 0 saturated heterocycles. The van der Waals surface area contributed by atoms with Crippen LogP contribution in [0.15, 0.2) is 0 Å². The number of hydrogen-bond acceptors (Lipinski definition) is 5. The second-order valence-electron chi connectivity index (χ2n) is 0.894. The molecule has 0 unspecified atom stereocenters. The SMILES string of the molecule is O=C(F)C(=O)F.OB(O)O. The quantitative estimate of drug-likeness (QED) is 0.230. The van der Waals surface area contributed by atoms with E-state index < -0.39 is 19.4 Å². The Labute approximate surface area is 54.1 Å². The molecule has 0 aliphatic heterocycles. The lowest BCUT2D eigenvalue weighted by molar-refractivity contribution is -0.149. The van der Waals surface area contributed by atoms with Crippen molar-refractivity contribution in [1.82, 2.24) is 0 Å². The van der Waals surface area contributed by atoms with E-state index in [4.69, 9.17) is 24.7 Å². The number of rotatable bonds is 1. The zero-order chi connectivity index (χ0) is 8.73. The van der Waals surface area contributed by atoms with E-state index in [0.717, 1.165) is 0 Å². The lowest BCUT2D eigenvalue weighted by Gasteiger charge is -1.69. The molecule has 0 radical (unpaired) electrons. The van der Waals surface area contributed by atoms with E-state index in [1.807, 2.05) is 0 Å². The molecule has 0 rings (SSSR count). The number of hydrogen-bond donors (Lipinski definition) is 3. The van der Waals surface area contributed by atoms with Gasteiger partial charge in [-0.3, -0.25) is 0 Å². The number of carbonyl (C=O) groups is 2. The van der Waals surface area contributed by atoms with E-state index in [2.05, 4.69) is 0 Å². The molecule has 10 heavy (non-hydrogen) atoms. The fourth-order valence-corrected chi connectivity index (χ4v) is 0. The normalized spacial score (nSPS) is 7.30. The van der Waals surface area contributed by atoms with E-state index in [9.17, 15) is 8.78 Å². The Morgan fingerprint density at radius 1 is 1.00 bits per heavy atom. The third kappa shape index (κ3) is 27.3. The molecule has 0 heterocycles. The van der Waals surface area contributed by atoms with Gasteiger partial charge >= 0.3 is 19.4 Å². The monoisotopic (exact) mass is 156 g/mol. The highest BCUT2D eigenvalue weighted by molar-refractivity contribution is 6.30. The zero-order valence-corrected chi connectivity index (χ0v) is 4.49. The maximum atomic E-state index is 10.5. The molecule has 0 aromatic heterocycles. The first kappa shape index (κ1) is 11.9. The summed E-state index contributed by atoms with van der Waals surface area (Å²) in [4.78, 5) is 17.5. The van der Waals surface area contributed by atoms with Crippen molar-refractivity contribution < 1.29 is 33.4 Å². The minimum absolute atomic E-state index is 2.17. The van der Waals surface area contributed by atoms with Crippen LogP contribution in [0, 0.1) is 0 Å². The van der Waals surface area contributed by atoms with Crippen LogP contribution < -0.4 is 0 Å². The predicted octanol–water partition coefficient (Wildman–Crippen LogP) is -2.07. The fraction of sp³-hybridized carbons (Fsp3) is 0. The van der Waals surface area contributed by atoms with Gasteiger partial charge in [-0.1, -0.05) is 0 Å². The molecule has 0 atom stereocenters. The number of carbonyl (C=O) groups excluding carboxylic acids is 2. The van der Waals surface area contributed by atoms with Crippen LogP contribution in [0.4, 0.5) is 8.78 Å². The van der Waals surface area contributed by atoms with Gasteiger partial charge in [0.1, 0.15) is 0 Å². The second-order valence-corrected chi connectivity index (χ2v) is 0.894. The van der Waals surface area contributed by atoms with Crippen LogP contribution in [0.2, 0.25) is 0 Å². The molecule has 0 saturated carbocycles. The van der Waals surface area contributed by atoms with Crippen molar-refractivity contribution in [2.75, 3.05) is 0 Å². The largest absolute Gasteiger partial charge is 0.631 e. The smallest absolute Gasteiger partial charge is 0.402 e. The highest BCUT2D eigenvalue weighted by Crippen LogP contribution is 1.74. The molecule has 0 aromatic rings. The van der Waals surface area contributed by atoms with Crippen LogP contribution in [0.3, 0.4) is 0 Å². The van der Waals surface area contributed by atoms with Crippen LogP contribution in [-0.4, -0.2) is 34.5 Å². The third-order valence-corrected chi connectivity index (χ3v) is 0.155. The summed E-state index contributed by atoms with van der Waals surface area (Å²) in [7, 11) is -2.17. The van der Waals surface area contributed by atoms with Crippen LogP contribution in [0.25, 0.3) is 0 Å². The first-order chi connectivity index (χ1) is 4.37. The molecule has 0 spiro atoms. The van der Waals surface area contributed by atoms with Gasteiger partial charge in [-0.05, 0) is 0 Å². The van der Waals surface area contributed by atoms with Crippen molar-refractivity contribution in [1.29, 1.82) is 0 Å². The van der Waals surface area contributed by atoms with Gasteiger partial charge in [0.15, 0.2) is 0 Å². The second kappa shape index (κ2) is 6.27. The van der Waals surface area contributed by atoms with E-state index >= 15 is 0 Å². The van der Waals surface area contributed by atoms with Gasteiger partial charge in [0.05, 0.1) is 0 Å². The Hall–Kier alpha value is -0.855. The molecular formula is C2H3BF2O5. The molecule has 0 amide bonds. The highest BCUT2D eigenvalue weighted by atomic mass is 19.2. The standard InChI is InChI=1S/C2F2O2.BH3O3/c3-1(5)2(4)6;2-1(3)4/h;2-4H. The minimum Gasteiger partial charge on any atom is -0.402 e. The van der Waals surface area contributed by atoms with E-state index in [-0.39, 0.29) is 0 Å². The molecular weight excluding hydrogens is 153 g/mol. The van der Waals surface area contributed by atoms with E-state index in [1.54, 1.807) is 0 Å². The Morgan fingerprint density at radius 2 is 1.10 bits per heavy atom. The topological polar surface area (TPSA) is 94.8 Å². The minimum atomic E-state index is -2.55. The number of halogens is 2. The maximum Gasteiger partial charge on any atom is 0.631 e. The summed E-state index contributed by atoms with van der Waals surface area (Å²) in [6.07, 6.45) is 0. The summed E-state index contributed by atoms with van der Waals surface area (Å²) < 4.78 is 20.9. The summed E-state index contributed by atoms with van der Waals surface area (Å²) in [5.74, 6) is 0. The highest BCUT2D eigenvalue weighted by Gasteiger charge is 2.07. The molecule has 58 valence electrons. The van der Waals surface area contributed by atoms with Gasteiger partial charge in [-0.15, -0.1) is 0 Å². The first-order valence-corrected chi connectivity index (χ1v) is 1.81. The Balaban J connectivity index is 0. The Bertz CT molecular complexity index is 110. The van der Waals surface area contributed by atoms with Gasteiger partial charge in [-0.2, -0.15) is 8.78 Å². The van der Waals surface area contributed by atoms with E-state index in [1.165, 1.54) is 0 Å². The lowest BCUT2D eigenvalue weighted by atomic mass is 10.3. The summed E-state index contributed by atoms with van der Waals surface area (Å²) >= 11 is 0. The predicted molar refractivity (Wildman–Crippen MR) is 24.6 cm³/mol. The van der Waals surface area contributed by atoms with Crippen LogP contribution in [0.5, 0.6) is 0 Å².